The average Bonchev–Trinajstić information content (AvgIpc) is 3.76. The van der Waals surface area contributed by atoms with E-state index >= 15 is 4.39 Å². The van der Waals surface area contributed by atoms with Gasteiger partial charge in [0.1, 0.15) is 34.4 Å². The Hall–Kier alpha value is -2.41. The van der Waals surface area contributed by atoms with Gasteiger partial charge in [0.05, 0.1) is 10.8 Å². The van der Waals surface area contributed by atoms with Gasteiger partial charge in [-0.05, 0) is 79.8 Å². The number of halogens is 5. The van der Waals surface area contributed by atoms with Crippen LogP contribution in [0.15, 0.2) is 30.3 Å². The summed E-state index contributed by atoms with van der Waals surface area (Å²) in [7, 11) is -1.89. The van der Waals surface area contributed by atoms with Gasteiger partial charge in [-0.15, -0.1) is 17.6 Å². The molecule has 0 spiro atoms. The molecule has 1 amide bonds. The second-order valence-corrected chi connectivity index (χ2v) is 12.1. The maximum atomic E-state index is 15.0. The normalized spacial score (nSPS) is 19.5. The van der Waals surface area contributed by atoms with Crippen molar-refractivity contribution in [3.63, 3.8) is 0 Å². The number of carbonyl (C=O) groups excluding carboxylic acids is 1. The van der Waals surface area contributed by atoms with E-state index in [4.69, 9.17) is 16.3 Å². The summed E-state index contributed by atoms with van der Waals surface area (Å²) in [5, 5.41) is 9.88. The Labute approximate surface area is 230 Å². The number of rotatable bonds is 9. The van der Waals surface area contributed by atoms with Gasteiger partial charge in [-0.2, -0.15) is 0 Å². The molecule has 7 nitrogen and oxygen atoms in total. The number of carbonyl (C=O) groups is 1. The van der Waals surface area contributed by atoms with Crippen molar-refractivity contribution in [1.29, 1.82) is 0 Å². The maximum Gasteiger partial charge on any atom is 0.573 e. The minimum absolute atomic E-state index is 0.0591. The molecule has 3 aliphatic rings. The van der Waals surface area contributed by atoms with Crippen molar-refractivity contribution in [3.8, 4) is 11.5 Å². The zero-order valence-corrected chi connectivity index (χ0v) is 22.3. The van der Waals surface area contributed by atoms with E-state index in [0.717, 1.165) is 36.1 Å². The predicted molar refractivity (Wildman–Crippen MR) is 135 cm³/mol. The number of hydrogen-bond acceptors (Lipinski definition) is 6. The van der Waals surface area contributed by atoms with E-state index in [9.17, 15) is 27.4 Å². The Kier molecular flexibility index (Phi) is 8.10. The highest BCUT2D eigenvalue weighted by molar-refractivity contribution is 7.84. The molecule has 3 fully saturated rings. The number of ether oxygens (including phenoxy) is 2. The number of benzene rings is 2. The van der Waals surface area contributed by atoms with Crippen molar-refractivity contribution in [2.75, 3.05) is 13.1 Å². The highest BCUT2D eigenvalue weighted by atomic mass is 35.5. The smallest absolute Gasteiger partial charge is 0.490 e. The fourth-order valence-corrected chi connectivity index (χ4v) is 6.02. The molecular weight excluding hydrogens is 564 g/mol. The number of nitrogens with zero attached hydrogens (tertiary/aromatic N) is 2. The highest BCUT2D eigenvalue weighted by Crippen LogP contribution is 2.43. The largest absolute Gasteiger partial charge is 0.573 e. The SMILES string of the molecule is O=C(c1cc(C2CC2)c(CN2CCC(Oc3cc(Cl)cc(OC(F)(F)F)c3)CC2)cc1F)N(O)S(=O)C1CC1. The van der Waals surface area contributed by atoms with Crippen molar-refractivity contribution < 1.29 is 41.2 Å². The summed E-state index contributed by atoms with van der Waals surface area (Å²) in [6, 6.07) is 6.44. The van der Waals surface area contributed by atoms with Gasteiger partial charge in [-0.25, -0.2) is 8.60 Å². The summed E-state index contributed by atoms with van der Waals surface area (Å²) >= 11 is 5.93. The molecule has 13 heteroatoms. The number of hydrogen-bond donors (Lipinski definition) is 1. The zero-order chi connectivity index (χ0) is 27.9. The zero-order valence-electron chi connectivity index (χ0n) is 20.8. The second kappa shape index (κ2) is 11.2. The number of amides is 1. The number of likely N-dealkylation sites (tertiary alicyclic amines) is 1. The van der Waals surface area contributed by atoms with Crippen LogP contribution < -0.4 is 9.47 Å². The van der Waals surface area contributed by atoms with Crippen LogP contribution in [0.4, 0.5) is 17.6 Å². The van der Waals surface area contributed by atoms with Crippen LogP contribution in [0.2, 0.25) is 5.02 Å². The molecule has 5 rings (SSSR count). The summed E-state index contributed by atoms with van der Waals surface area (Å²) in [6.45, 7) is 1.66. The minimum Gasteiger partial charge on any atom is -0.490 e. The first-order chi connectivity index (χ1) is 18.5. The van der Waals surface area contributed by atoms with Crippen molar-refractivity contribution in [3.05, 3.63) is 57.9 Å². The molecule has 1 N–H and O–H groups in total. The lowest BCUT2D eigenvalue weighted by atomic mass is 9.97. The van der Waals surface area contributed by atoms with E-state index < -0.39 is 34.8 Å². The summed E-state index contributed by atoms with van der Waals surface area (Å²) in [5.41, 5.74) is 1.31. The van der Waals surface area contributed by atoms with Gasteiger partial charge in [-0.3, -0.25) is 14.9 Å². The molecule has 1 unspecified atom stereocenters. The fourth-order valence-electron chi connectivity index (χ4n) is 4.72. The third kappa shape index (κ3) is 7.22. The molecule has 1 saturated heterocycles. The fraction of sp³-hybridized carbons (Fsp3) is 0.500. The molecule has 1 heterocycles. The summed E-state index contributed by atoms with van der Waals surface area (Å²) in [5.74, 6) is -1.86. The molecule has 212 valence electrons. The minimum atomic E-state index is -4.84. The molecule has 2 saturated carbocycles. The Morgan fingerprint density at radius 1 is 1.05 bits per heavy atom. The lowest BCUT2D eigenvalue weighted by Crippen LogP contribution is -2.38. The summed E-state index contributed by atoms with van der Waals surface area (Å²) in [6.07, 6.45) is -0.776. The number of alkyl halides is 3. The molecule has 39 heavy (non-hydrogen) atoms. The number of piperidine rings is 1. The topological polar surface area (TPSA) is 79.3 Å². The van der Waals surface area contributed by atoms with Crippen LogP contribution in [0.3, 0.4) is 0 Å². The van der Waals surface area contributed by atoms with Crippen LogP contribution in [0.25, 0.3) is 0 Å². The van der Waals surface area contributed by atoms with E-state index in [2.05, 4.69) is 9.64 Å². The van der Waals surface area contributed by atoms with Gasteiger partial charge >= 0.3 is 6.36 Å². The Balaban J connectivity index is 1.22. The van der Waals surface area contributed by atoms with E-state index in [1.54, 1.807) is 0 Å². The van der Waals surface area contributed by atoms with Gasteiger partial charge in [0.25, 0.3) is 5.91 Å². The number of hydroxylamine groups is 1. The van der Waals surface area contributed by atoms with Crippen molar-refractivity contribution in [2.45, 2.75) is 68.7 Å². The van der Waals surface area contributed by atoms with Crippen molar-refractivity contribution >= 4 is 28.5 Å². The average molecular weight is 591 g/mol. The quantitative estimate of drug-likeness (QED) is 0.221. The van der Waals surface area contributed by atoms with E-state index in [-0.39, 0.29) is 38.1 Å². The summed E-state index contributed by atoms with van der Waals surface area (Å²) < 4.78 is 74.9. The van der Waals surface area contributed by atoms with Crippen LogP contribution in [0, 0.1) is 5.82 Å². The molecule has 2 aliphatic carbocycles. The van der Waals surface area contributed by atoms with E-state index in [1.807, 2.05) is 0 Å². The van der Waals surface area contributed by atoms with Gasteiger partial charge < -0.3 is 9.47 Å². The third-order valence-corrected chi connectivity index (χ3v) is 8.71. The predicted octanol–water partition coefficient (Wildman–Crippen LogP) is 5.96. The van der Waals surface area contributed by atoms with Crippen LogP contribution in [-0.4, -0.2) is 55.5 Å². The molecular formula is C26H27ClF4N2O5S. The Morgan fingerprint density at radius 3 is 2.33 bits per heavy atom. The lowest BCUT2D eigenvalue weighted by Gasteiger charge is -2.32. The molecule has 0 radical (unpaired) electrons. The van der Waals surface area contributed by atoms with Crippen LogP contribution in [0.1, 0.15) is 65.9 Å². The summed E-state index contributed by atoms with van der Waals surface area (Å²) in [4.78, 5) is 14.8. The molecule has 1 atom stereocenters. The van der Waals surface area contributed by atoms with Gasteiger partial charge in [0, 0.05) is 30.7 Å². The molecule has 2 aromatic rings. The maximum absolute atomic E-state index is 15.0. The Bertz CT molecular complexity index is 1260. The first-order valence-electron chi connectivity index (χ1n) is 12.7. The van der Waals surface area contributed by atoms with Gasteiger partial charge in [0.2, 0.25) is 0 Å². The van der Waals surface area contributed by atoms with Crippen LogP contribution in [0.5, 0.6) is 11.5 Å². The molecule has 1 aliphatic heterocycles. The molecule has 0 bridgehead atoms. The standard InChI is InChI=1S/C26H27ClF4N2O5S/c27-17-10-19(12-20(11-17)38-26(29,30)31)37-18-5-7-32(8-6-18)14-16-9-24(28)23(13-22(16)15-1-2-15)25(34)33(35)39(36)21-3-4-21/h9-13,15,18,21,35H,1-8,14H2. The highest BCUT2D eigenvalue weighted by Gasteiger charge is 2.37. The van der Waals surface area contributed by atoms with Gasteiger partial charge in [0.15, 0.2) is 0 Å². The van der Waals surface area contributed by atoms with Gasteiger partial charge in [-0.1, -0.05) is 11.6 Å². The lowest BCUT2D eigenvalue weighted by molar-refractivity contribution is -0.274. The van der Waals surface area contributed by atoms with E-state index in [1.165, 1.54) is 18.2 Å². The van der Waals surface area contributed by atoms with Crippen LogP contribution >= 0.6 is 11.6 Å². The Morgan fingerprint density at radius 2 is 1.72 bits per heavy atom. The first kappa shape index (κ1) is 28.1. The van der Waals surface area contributed by atoms with E-state index in [0.29, 0.717) is 45.3 Å². The monoisotopic (exact) mass is 590 g/mol. The third-order valence-electron chi connectivity index (χ3n) is 6.94. The van der Waals surface area contributed by atoms with Crippen molar-refractivity contribution in [1.82, 2.24) is 9.37 Å². The first-order valence-corrected chi connectivity index (χ1v) is 14.2. The van der Waals surface area contributed by atoms with Crippen LogP contribution in [-0.2, 0) is 17.5 Å². The molecule has 2 aromatic carbocycles. The second-order valence-electron chi connectivity index (χ2n) is 10.1. The molecule has 0 aromatic heterocycles. The van der Waals surface area contributed by atoms with Crippen molar-refractivity contribution in [2.24, 2.45) is 0 Å².